The molecule has 0 spiro atoms. The summed E-state index contributed by atoms with van der Waals surface area (Å²) >= 11 is 0. The summed E-state index contributed by atoms with van der Waals surface area (Å²) in [5.74, 6) is 0.270. The molecule has 0 bridgehead atoms. The first kappa shape index (κ1) is 16.3. The van der Waals surface area contributed by atoms with Crippen molar-refractivity contribution in [1.29, 1.82) is 0 Å². The maximum absolute atomic E-state index is 11.6. The van der Waals surface area contributed by atoms with Crippen LogP contribution in [0.1, 0.15) is 25.3 Å². The Morgan fingerprint density at radius 1 is 1.39 bits per heavy atom. The van der Waals surface area contributed by atoms with Crippen molar-refractivity contribution in [3.8, 4) is 0 Å². The minimum absolute atomic E-state index is 0.0956. The normalized spacial score (nSPS) is 22.1. The number of rotatable bonds is 5. The number of fused-ring (bicyclic) bond motifs is 1. The number of aryl methyl sites for hydroxylation is 1. The van der Waals surface area contributed by atoms with Gasteiger partial charge in [0.05, 0.1) is 6.26 Å². The average molecular weight is 337 g/mol. The van der Waals surface area contributed by atoms with Gasteiger partial charge in [0.25, 0.3) is 6.01 Å². The molecule has 2 aromatic rings. The molecule has 1 N–H and O–H groups in total. The van der Waals surface area contributed by atoms with Crippen LogP contribution < -0.4 is 9.62 Å². The van der Waals surface area contributed by atoms with E-state index in [4.69, 9.17) is 4.42 Å². The lowest BCUT2D eigenvalue weighted by molar-refractivity contribution is 0.441. The van der Waals surface area contributed by atoms with Gasteiger partial charge >= 0.3 is 0 Å². The molecule has 1 fully saturated rings. The van der Waals surface area contributed by atoms with Crippen LogP contribution in [-0.4, -0.2) is 38.8 Å². The van der Waals surface area contributed by atoms with Crippen LogP contribution in [0.5, 0.6) is 0 Å². The number of benzene rings is 1. The van der Waals surface area contributed by atoms with E-state index in [-0.39, 0.29) is 12.0 Å². The van der Waals surface area contributed by atoms with Crippen molar-refractivity contribution < 1.29 is 12.8 Å². The summed E-state index contributed by atoms with van der Waals surface area (Å²) in [6.45, 7) is 5.48. The SMILES string of the molecule is CCC[C@H]1CN(c2nc3cc(C)ccc3o2)C[C@@H]1NS(C)(=O)=O. The van der Waals surface area contributed by atoms with Gasteiger partial charge in [-0.2, -0.15) is 4.98 Å². The fraction of sp³-hybridized carbons (Fsp3) is 0.562. The van der Waals surface area contributed by atoms with Crippen molar-refractivity contribution in [3.05, 3.63) is 23.8 Å². The van der Waals surface area contributed by atoms with Crippen molar-refractivity contribution in [2.45, 2.75) is 32.7 Å². The lowest BCUT2D eigenvalue weighted by Gasteiger charge is -2.17. The van der Waals surface area contributed by atoms with Crippen LogP contribution in [0.25, 0.3) is 11.1 Å². The highest BCUT2D eigenvalue weighted by molar-refractivity contribution is 7.88. The first-order valence-electron chi connectivity index (χ1n) is 7.95. The standard InChI is InChI=1S/C16H23N3O3S/c1-4-5-12-9-19(10-14(12)18-23(3,20)21)16-17-13-8-11(2)6-7-15(13)22-16/h6-8,12,14,18H,4-5,9-10H2,1-3H3/t12-,14-/m0/s1. The number of oxazole rings is 1. The van der Waals surface area contributed by atoms with E-state index in [0.717, 1.165) is 36.0 Å². The first-order chi connectivity index (χ1) is 10.9. The van der Waals surface area contributed by atoms with Crippen molar-refractivity contribution in [2.24, 2.45) is 5.92 Å². The molecule has 0 amide bonds. The highest BCUT2D eigenvalue weighted by Gasteiger charge is 2.35. The highest BCUT2D eigenvalue weighted by atomic mass is 32.2. The minimum Gasteiger partial charge on any atom is -0.423 e. The number of aromatic nitrogens is 1. The smallest absolute Gasteiger partial charge is 0.298 e. The molecule has 1 aromatic carbocycles. The Morgan fingerprint density at radius 3 is 2.87 bits per heavy atom. The van der Waals surface area contributed by atoms with Crippen molar-refractivity contribution >= 4 is 27.1 Å². The minimum atomic E-state index is -3.22. The summed E-state index contributed by atoms with van der Waals surface area (Å²) in [6, 6.07) is 6.39. The second-order valence-corrected chi connectivity index (χ2v) is 8.20. The molecule has 0 saturated carbocycles. The molecule has 2 atom stereocenters. The third kappa shape index (κ3) is 3.67. The molecule has 1 aliphatic heterocycles. The second kappa shape index (κ2) is 6.13. The molecule has 3 rings (SSSR count). The summed E-state index contributed by atoms with van der Waals surface area (Å²) in [5, 5.41) is 0. The number of anilines is 1. The van der Waals surface area contributed by atoms with Crippen LogP contribution >= 0.6 is 0 Å². The summed E-state index contributed by atoms with van der Waals surface area (Å²) in [7, 11) is -3.22. The second-order valence-electron chi connectivity index (χ2n) is 6.42. The van der Waals surface area contributed by atoms with Crippen LogP contribution in [0.4, 0.5) is 6.01 Å². The fourth-order valence-corrected chi connectivity index (χ4v) is 4.08. The summed E-state index contributed by atoms with van der Waals surface area (Å²) in [6.07, 6.45) is 3.21. The zero-order chi connectivity index (χ0) is 16.6. The maximum Gasteiger partial charge on any atom is 0.298 e. The van der Waals surface area contributed by atoms with Gasteiger partial charge in [0, 0.05) is 19.1 Å². The van der Waals surface area contributed by atoms with Crippen LogP contribution in [0.15, 0.2) is 22.6 Å². The van der Waals surface area contributed by atoms with Gasteiger partial charge in [-0.25, -0.2) is 13.1 Å². The third-order valence-electron chi connectivity index (χ3n) is 4.27. The summed E-state index contributed by atoms with van der Waals surface area (Å²) in [5.41, 5.74) is 2.74. The van der Waals surface area contributed by atoms with Gasteiger partial charge in [-0.15, -0.1) is 0 Å². The van der Waals surface area contributed by atoms with Crippen LogP contribution in [0, 0.1) is 12.8 Å². The van der Waals surface area contributed by atoms with E-state index < -0.39 is 10.0 Å². The van der Waals surface area contributed by atoms with E-state index in [1.165, 1.54) is 6.26 Å². The lowest BCUT2D eigenvalue weighted by Crippen LogP contribution is -2.39. The van der Waals surface area contributed by atoms with E-state index in [0.29, 0.717) is 12.6 Å². The van der Waals surface area contributed by atoms with Crippen molar-refractivity contribution in [3.63, 3.8) is 0 Å². The van der Waals surface area contributed by atoms with Gasteiger partial charge in [0.15, 0.2) is 5.58 Å². The monoisotopic (exact) mass is 337 g/mol. The number of sulfonamides is 1. The Balaban J connectivity index is 1.84. The van der Waals surface area contributed by atoms with Crippen LogP contribution in [0.2, 0.25) is 0 Å². The average Bonchev–Trinajstić information content (AvgIpc) is 3.01. The summed E-state index contributed by atoms with van der Waals surface area (Å²) < 4.78 is 31.8. The molecule has 7 heteroatoms. The molecule has 2 heterocycles. The number of hydrogen-bond acceptors (Lipinski definition) is 5. The molecule has 0 unspecified atom stereocenters. The van der Waals surface area contributed by atoms with Gasteiger partial charge in [-0.1, -0.05) is 19.4 Å². The Kier molecular flexibility index (Phi) is 4.33. The molecule has 0 radical (unpaired) electrons. The fourth-order valence-electron chi connectivity index (χ4n) is 3.26. The maximum atomic E-state index is 11.6. The predicted octanol–water partition coefficient (Wildman–Crippen LogP) is 2.29. The Morgan fingerprint density at radius 2 is 2.17 bits per heavy atom. The molecular weight excluding hydrogens is 314 g/mol. The van der Waals surface area contributed by atoms with E-state index >= 15 is 0 Å². The zero-order valence-corrected chi connectivity index (χ0v) is 14.6. The lowest BCUT2D eigenvalue weighted by atomic mass is 9.99. The molecule has 1 aromatic heterocycles. The number of nitrogens with zero attached hydrogens (tertiary/aromatic N) is 2. The Bertz CT molecular complexity index is 800. The first-order valence-corrected chi connectivity index (χ1v) is 9.84. The Hall–Kier alpha value is -1.60. The molecule has 126 valence electrons. The Labute approximate surface area is 136 Å². The molecule has 0 aliphatic carbocycles. The van der Waals surface area contributed by atoms with Gasteiger partial charge in [-0.05, 0) is 37.0 Å². The number of hydrogen-bond donors (Lipinski definition) is 1. The quantitative estimate of drug-likeness (QED) is 0.906. The zero-order valence-electron chi connectivity index (χ0n) is 13.7. The summed E-state index contributed by atoms with van der Waals surface area (Å²) in [4.78, 5) is 6.60. The largest absolute Gasteiger partial charge is 0.423 e. The van der Waals surface area contributed by atoms with Crippen LogP contribution in [-0.2, 0) is 10.0 Å². The highest BCUT2D eigenvalue weighted by Crippen LogP contribution is 2.29. The molecule has 6 nitrogen and oxygen atoms in total. The molecule has 23 heavy (non-hydrogen) atoms. The molecule has 1 aliphatic rings. The van der Waals surface area contributed by atoms with Crippen molar-refractivity contribution in [1.82, 2.24) is 9.71 Å². The van der Waals surface area contributed by atoms with Crippen molar-refractivity contribution in [2.75, 3.05) is 24.2 Å². The molecular formula is C16H23N3O3S. The van der Waals surface area contributed by atoms with E-state index in [2.05, 4.69) is 16.6 Å². The number of nitrogens with one attached hydrogen (secondary N) is 1. The molecule has 1 saturated heterocycles. The topological polar surface area (TPSA) is 75.4 Å². The van der Waals surface area contributed by atoms with E-state index in [1.807, 2.05) is 30.0 Å². The predicted molar refractivity (Wildman–Crippen MR) is 91.1 cm³/mol. The van der Waals surface area contributed by atoms with Crippen LogP contribution in [0.3, 0.4) is 0 Å². The van der Waals surface area contributed by atoms with Gasteiger partial charge in [0.2, 0.25) is 10.0 Å². The van der Waals surface area contributed by atoms with Gasteiger partial charge < -0.3 is 9.32 Å². The van der Waals surface area contributed by atoms with Gasteiger partial charge in [0.1, 0.15) is 5.52 Å². The van der Waals surface area contributed by atoms with E-state index in [1.54, 1.807) is 0 Å². The van der Waals surface area contributed by atoms with Gasteiger partial charge in [-0.3, -0.25) is 0 Å². The van der Waals surface area contributed by atoms with E-state index in [9.17, 15) is 8.42 Å². The third-order valence-corrected chi connectivity index (χ3v) is 5.00.